The Bertz CT molecular complexity index is 1010. The molecule has 0 spiro atoms. The summed E-state index contributed by atoms with van der Waals surface area (Å²) in [7, 11) is 0.213. The molecule has 2 aromatic rings. The van der Waals surface area contributed by atoms with Gasteiger partial charge in [0.05, 0.1) is 6.26 Å². The summed E-state index contributed by atoms with van der Waals surface area (Å²) in [5.74, 6) is -0.467. The SMILES string of the molecule is CN(C)c1ccc(NC(=O)CC(C)(C)C)cc1CN(Cc1ccc(F)cc1)S(C)(=O)=O. The first kappa shape index (κ1) is 24.8. The smallest absolute Gasteiger partial charge is 0.224 e. The first-order valence-electron chi connectivity index (χ1n) is 10.0. The largest absolute Gasteiger partial charge is 0.377 e. The van der Waals surface area contributed by atoms with Gasteiger partial charge in [0.25, 0.3) is 0 Å². The minimum atomic E-state index is -3.54. The van der Waals surface area contributed by atoms with Crippen molar-refractivity contribution in [2.24, 2.45) is 5.41 Å². The zero-order valence-electron chi connectivity index (χ0n) is 19.1. The number of halogens is 1. The summed E-state index contributed by atoms with van der Waals surface area (Å²) in [6.45, 7) is 6.21. The maximum absolute atomic E-state index is 13.2. The molecule has 0 radical (unpaired) electrons. The van der Waals surface area contributed by atoms with Gasteiger partial charge in [-0.3, -0.25) is 4.79 Å². The third-order valence-corrected chi connectivity index (χ3v) is 5.82. The molecule has 0 bridgehead atoms. The number of rotatable bonds is 8. The summed E-state index contributed by atoms with van der Waals surface area (Å²) in [6.07, 6.45) is 1.53. The molecule has 0 atom stereocenters. The van der Waals surface area contributed by atoms with Crippen LogP contribution in [0.1, 0.15) is 38.3 Å². The third-order valence-electron chi connectivity index (χ3n) is 4.62. The number of benzene rings is 2. The zero-order valence-corrected chi connectivity index (χ0v) is 19.9. The Labute approximate surface area is 185 Å². The molecule has 31 heavy (non-hydrogen) atoms. The molecule has 0 unspecified atom stereocenters. The van der Waals surface area contributed by atoms with E-state index in [0.29, 0.717) is 17.7 Å². The van der Waals surface area contributed by atoms with E-state index in [-0.39, 0.29) is 30.2 Å². The lowest BCUT2D eigenvalue weighted by molar-refractivity contribution is -0.117. The second-order valence-electron chi connectivity index (χ2n) is 9.18. The monoisotopic (exact) mass is 449 g/mol. The fourth-order valence-electron chi connectivity index (χ4n) is 3.19. The summed E-state index contributed by atoms with van der Waals surface area (Å²) in [5, 5.41) is 2.91. The van der Waals surface area contributed by atoms with Gasteiger partial charge in [0.1, 0.15) is 5.82 Å². The molecule has 0 aliphatic carbocycles. The molecule has 1 amide bonds. The average Bonchev–Trinajstić information content (AvgIpc) is 2.60. The summed E-state index contributed by atoms with van der Waals surface area (Å²) in [4.78, 5) is 14.2. The second-order valence-corrected chi connectivity index (χ2v) is 11.2. The molecule has 2 aromatic carbocycles. The van der Waals surface area contributed by atoms with Crippen molar-refractivity contribution in [3.63, 3.8) is 0 Å². The summed E-state index contributed by atoms with van der Waals surface area (Å²) >= 11 is 0. The van der Waals surface area contributed by atoms with Crippen molar-refractivity contribution in [3.05, 3.63) is 59.4 Å². The maximum Gasteiger partial charge on any atom is 0.224 e. The molecule has 0 saturated heterocycles. The Morgan fingerprint density at radius 1 is 1.03 bits per heavy atom. The molecule has 8 heteroatoms. The first-order chi connectivity index (χ1) is 14.2. The quantitative estimate of drug-likeness (QED) is 0.655. The van der Waals surface area contributed by atoms with Gasteiger partial charge < -0.3 is 10.2 Å². The van der Waals surface area contributed by atoms with E-state index in [1.807, 2.05) is 51.9 Å². The first-order valence-corrected chi connectivity index (χ1v) is 11.9. The predicted octanol–water partition coefficient (Wildman–Crippen LogP) is 4.23. The van der Waals surface area contributed by atoms with Gasteiger partial charge in [-0.25, -0.2) is 12.8 Å². The van der Waals surface area contributed by atoms with Gasteiger partial charge in [-0.15, -0.1) is 0 Å². The van der Waals surface area contributed by atoms with Crippen molar-refractivity contribution in [2.75, 3.05) is 30.6 Å². The minimum absolute atomic E-state index is 0.0951. The van der Waals surface area contributed by atoms with Crippen LogP contribution in [0.15, 0.2) is 42.5 Å². The van der Waals surface area contributed by atoms with Gasteiger partial charge in [0.2, 0.25) is 15.9 Å². The van der Waals surface area contributed by atoms with Crippen LogP contribution in [0, 0.1) is 11.2 Å². The van der Waals surface area contributed by atoms with Gasteiger partial charge in [0, 0.05) is 45.0 Å². The van der Waals surface area contributed by atoms with Crippen LogP contribution < -0.4 is 10.2 Å². The number of hydrogen-bond acceptors (Lipinski definition) is 4. The van der Waals surface area contributed by atoms with Crippen molar-refractivity contribution in [1.29, 1.82) is 0 Å². The van der Waals surface area contributed by atoms with Gasteiger partial charge in [-0.2, -0.15) is 4.31 Å². The molecule has 0 saturated carbocycles. The van der Waals surface area contributed by atoms with Gasteiger partial charge >= 0.3 is 0 Å². The Hall–Kier alpha value is -2.45. The number of carbonyl (C=O) groups is 1. The lowest BCUT2D eigenvalue weighted by Gasteiger charge is -2.25. The van der Waals surface area contributed by atoms with Gasteiger partial charge in [-0.05, 0) is 46.9 Å². The lowest BCUT2D eigenvalue weighted by Crippen LogP contribution is -2.30. The van der Waals surface area contributed by atoms with E-state index in [1.165, 1.54) is 16.4 Å². The number of hydrogen-bond donors (Lipinski definition) is 1. The molecule has 170 valence electrons. The van der Waals surface area contributed by atoms with E-state index in [1.54, 1.807) is 18.2 Å². The molecule has 0 aliphatic rings. The van der Waals surface area contributed by atoms with Crippen LogP contribution in [0.5, 0.6) is 0 Å². The molecule has 2 rings (SSSR count). The van der Waals surface area contributed by atoms with Crippen LogP contribution in [-0.4, -0.2) is 39.0 Å². The number of amides is 1. The topological polar surface area (TPSA) is 69.7 Å². The highest BCUT2D eigenvalue weighted by molar-refractivity contribution is 7.88. The van der Waals surface area contributed by atoms with E-state index in [2.05, 4.69) is 5.32 Å². The van der Waals surface area contributed by atoms with Crippen LogP contribution in [0.4, 0.5) is 15.8 Å². The molecule has 0 fully saturated rings. The number of carbonyl (C=O) groups excluding carboxylic acids is 1. The Kier molecular flexibility index (Phi) is 7.83. The molecule has 0 aliphatic heterocycles. The number of nitrogens with one attached hydrogen (secondary N) is 1. The standard InChI is InChI=1S/C23H32FN3O3S/c1-23(2,3)14-22(28)25-20-11-12-21(26(4)5)18(13-20)16-27(31(6,29)30)15-17-7-9-19(24)10-8-17/h7-13H,14-16H2,1-6H3,(H,25,28). The van der Waals surface area contributed by atoms with Gasteiger partial charge in [0.15, 0.2) is 0 Å². The van der Waals surface area contributed by atoms with Crippen LogP contribution in [-0.2, 0) is 27.9 Å². The lowest BCUT2D eigenvalue weighted by atomic mass is 9.92. The Morgan fingerprint density at radius 2 is 1.65 bits per heavy atom. The minimum Gasteiger partial charge on any atom is -0.377 e. The molecule has 6 nitrogen and oxygen atoms in total. The molecule has 0 aromatic heterocycles. The van der Waals surface area contributed by atoms with Crippen LogP contribution >= 0.6 is 0 Å². The summed E-state index contributed by atoms with van der Waals surface area (Å²) in [5.41, 5.74) is 2.77. The Balaban J connectivity index is 2.33. The molecular weight excluding hydrogens is 417 g/mol. The van der Waals surface area contributed by atoms with Gasteiger partial charge in [-0.1, -0.05) is 32.9 Å². The zero-order chi connectivity index (χ0) is 23.4. The highest BCUT2D eigenvalue weighted by Gasteiger charge is 2.21. The average molecular weight is 450 g/mol. The highest BCUT2D eigenvalue weighted by atomic mass is 32.2. The van der Waals surface area contributed by atoms with Crippen molar-refractivity contribution in [2.45, 2.75) is 40.3 Å². The molecule has 0 heterocycles. The van der Waals surface area contributed by atoms with E-state index in [4.69, 9.17) is 0 Å². The van der Waals surface area contributed by atoms with E-state index >= 15 is 0 Å². The third kappa shape index (κ3) is 7.95. The predicted molar refractivity (Wildman–Crippen MR) is 124 cm³/mol. The van der Waals surface area contributed by atoms with Crippen molar-refractivity contribution in [3.8, 4) is 0 Å². The normalized spacial score (nSPS) is 12.1. The van der Waals surface area contributed by atoms with Crippen molar-refractivity contribution >= 4 is 27.3 Å². The molecular formula is C23H32FN3O3S. The van der Waals surface area contributed by atoms with Crippen LogP contribution in [0.3, 0.4) is 0 Å². The van der Waals surface area contributed by atoms with Crippen LogP contribution in [0.25, 0.3) is 0 Å². The second kappa shape index (κ2) is 9.78. The Morgan fingerprint density at radius 3 is 2.16 bits per heavy atom. The maximum atomic E-state index is 13.2. The van der Waals surface area contributed by atoms with Crippen LogP contribution in [0.2, 0.25) is 0 Å². The van der Waals surface area contributed by atoms with E-state index < -0.39 is 10.0 Å². The van der Waals surface area contributed by atoms with Crippen molar-refractivity contribution < 1.29 is 17.6 Å². The summed E-state index contributed by atoms with van der Waals surface area (Å²) < 4.78 is 39.5. The number of nitrogens with zero attached hydrogens (tertiary/aromatic N) is 2. The summed E-state index contributed by atoms with van der Waals surface area (Å²) in [6, 6.07) is 11.2. The number of anilines is 2. The molecule has 1 N–H and O–H groups in total. The number of sulfonamides is 1. The van der Waals surface area contributed by atoms with E-state index in [0.717, 1.165) is 17.5 Å². The fraction of sp³-hybridized carbons (Fsp3) is 0.435. The van der Waals surface area contributed by atoms with E-state index in [9.17, 15) is 17.6 Å². The fourth-order valence-corrected chi connectivity index (χ4v) is 3.94. The highest BCUT2D eigenvalue weighted by Crippen LogP contribution is 2.27. The van der Waals surface area contributed by atoms with Crippen molar-refractivity contribution in [1.82, 2.24) is 4.31 Å².